The van der Waals surface area contributed by atoms with Crippen molar-refractivity contribution in [2.45, 2.75) is 40.7 Å². The fraction of sp³-hybridized carbons (Fsp3) is 0.591. The van der Waals surface area contributed by atoms with E-state index in [0.29, 0.717) is 19.7 Å². The number of aromatic nitrogens is 3. The standard InChI is InChI=1S/C22H36N6O2/c1-7-29-11-8-9-23-22(24-16-21-26-25-19(4)28(21)6)27(5)10-12-30-20-14-17(2)13-18(3)15-20/h13-15H,7-12,16H2,1-6H3,(H,23,24). The molecule has 0 aliphatic heterocycles. The van der Waals surface area contributed by atoms with Gasteiger partial charge < -0.3 is 24.3 Å². The molecular weight excluding hydrogens is 380 g/mol. The molecule has 0 saturated heterocycles. The molecule has 1 aromatic heterocycles. The van der Waals surface area contributed by atoms with Crippen LogP contribution in [0.5, 0.6) is 5.75 Å². The summed E-state index contributed by atoms with van der Waals surface area (Å²) in [6.07, 6.45) is 0.919. The highest BCUT2D eigenvalue weighted by Crippen LogP contribution is 2.16. The van der Waals surface area contributed by atoms with E-state index in [4.69, 9.17) is 14.5 Å². The highest BCUT2D eigenvalue weighted by molar-refractivity contribution is 5.79. The van der Waals surface area contributed by atoms with Crippen molar-refractivity contribution in [1.29, 1.82) is 0 Å². The summed E-state index contributed by atoms with van der Waals surface area (Å²) in [5.74, 6) is 3.43. The van der Waals surface area contributed by atoms with Crippen LogP contribution in [0.15, 0.2) is 23.2 Å². The molecule has 1 N–H and O–H groups in total. The maximum atomic E-state index is 5.96. The van der Waals surface area contributed by atoms with E-state index < -0.39 is 0 Å². The summed E-state index contributed by atoms with van der Waals surface area (Å²) in [5.41, 5.74) is 2.41. The number of likely N-dealkylation sites (N-methyl/N-ethyl adjacent to an activating group) is 1. The molecule has 8 heteroatoms. The Labute approximate surface area is 180 Å². The van der Waals surface area contributed by atoms with Gasteiger partial charge in [-0.15, -0.1) is 10.2 Å². The number of aryl methyl sites for hydroxylation is 3. The van der Waals surface area contributed by atoms with Crippen LogP contribution in [-0.2, 0) is 18.3 Å². The summed E-state index contributed by atoms with van der Waals surface area (Å²) >= 11 is 0. The Morgan fingerprint density at radius 2 is 1.87 bits per heavy atom. The first kappa shape index (κ1) is 23.7. The van der Waals surface area contributed by atoms with E-state index in [1.807, 2.05) is 32.5 Å². The molecular formula is C22H36N6O2. The van der Waals surface area contributed by atoms with Crippen LogP contribution in [0.4, 0.5) is 0 Å². The molecule has 0 radical (unpaired) electrons. The first-order chi connectivity index (χ1) is 14.4. The Balaban J connectivity index is 1.94. The van der Waals surface area contributed by atoms with Gasteiger partial charge in [0.15, 0.2) is 11.8 Å². The minimum absolute atomic E-state index is 0.466. The number of rotatable bonds is 11. The average molecular weight is 417 g/mol. The molecule has 8 nitrogen and oxygen atoms in total. The second kappa shape index (κ2) is 12.2. The number of aliphatic imine (C=N–C) groups is 1. The maximum Gasteiger partial charge on any atom is 0.194 e. The molecule has 0 spiro atoms. The van der Waals surface area contributed by atoms with Gasteiger partial charge in [-0.1, -0.05) is 6.07 Å². The van der Waals surface area contributed by atoms with E-state index >= 15 is 0 Å². The fourth-order valence-corrected chi connectivity index (χ4v) is 2.99. The van der Waals surface area contributed by atoms with Crippen molar-refractivity contribution >= 4 is 5.96 Å². The van der Waals surface area contributed by atoms with E-state index in [2.05, 4.69) is 52.5 Å². The Hall–Kier alpha value is -2.61. The molecule has 2 rings (SSSR count). The molecule has 0 aliphatic carbocycles. The smallest absolute Gasteiger partial charge is 0.194 e. The lowest BCUT2D eigenvalue weighted by Crippen LogP contribution is -2.41. The number of benzene rings is 1. The van der Waals surface area contributed by atoms with Gasteiger partial charge in [0.1, 0.15) is 24.7 Å². The summed E-state index contributed by atoms with van der Waals surface area (Å²) in [7, 11) is 3.97. The third-order valence-electron chi connectivity index (χ3n) is 4.76. The van der Waals surface area contributed by atoms with Crippen molar-refractivity contribution in [3.8, 4) is 5.75 Å². The summed E-state index contributed by atoms with van der Waals surface area (Å²) in [6, 6.07) is 6.26. The number of ether oxygens (including phenoxy) is 2. The van der Waals surface area contributed by atoms with E-state index in [1.165, 1.54) is 11.1 Å². The molecule has 0 saturated carbocycles. The highest BCUT2D eigenvalue weighted by atomic mass is 16.5. The van der Waals surface area contributed by atoms with Crippen molar-refractivity contribution < 1.29 is 9.47 Å². The number of nitrogens with zero attached hydrogens (tertiary/aromatic N) is 5. The zero-order valence-electron chi connectivity index (χ0n) is 19.2. The molecule has 0 bridgehead atoms. The fourth-order valence-electron chi connectivity index (χ4n) is 2.99. The zero-order chi connectivity index (χ0) is 21.9. The normalized spacial score (nSPS) is 11.6. The number of nitrogens with one attached hydrogen (secondary N) is 1. The summed E-state index contributed by atoms with van der Waals surface area (Å²) in [5, 5.41) is 11.7. The van der Waals surface area contributed by atoms with Gasteiger partial charge in [-0.2, -0.15) is 0 Å². The van der Waals surface area contributed by atoms with E-state index in [-0.39, 0.29) is 0 Å². The van der Waals surface area contributed by atoms with Crippen LogP contribution in [0.25, 0.3) is 0 Å². The van der Waals surface area contributed by atoms with Crippen molar-refractivity contribution in [2.24, 2.45) is 12.0 Å². The number of guanidine groups is 1. The van der Waals surface area contributed by atoms with Gasteiger partial charge in [-0.3, -0.25) is 0 Å². The minimum atomic E-state index is 0.466. The lowest BCUT2D eigenvalue weighted by molar-refractivity contribution is 0.145. The van der Waals surface area contributed by atoms with Crippen molar-refractivity contribution in [2.75, 3.05) is 40.0 Å². The van der Waals surface area contributed by atoms with Crippen LogP contribution in [0.2, 0.25) is 0 Å². The first-order valence-electron chi connectivity index (χ1n) is 10.5. The quantitative estimate of drug-likeness (QED) is 0.345. The predicted molar refractivity (Wildman–Crippen MR) is 120 cm³/mol. The van der Waals surface area contributed by atoms with Crippen LogP contribution in [-0.4, -0.2) is 65.6 Å². The van der Waals surface area contributed by atoms with Crippen LogP contribution in [0, 0.1) is 20.8 Å². The SMILES string of the molecule is CCOCCCNC(=NCc1nnc(C)n1C)N(C)CCOc1cc(C)cc(C)c1. The number of hydrogen-bond donors (Lipinski definition) is 1. The third kappa shape index (κ3) is 7.67. The second-order valence-electron chi connectivity index (χ2n) is 7.43. The van der Waals surface area contributed by atoms with Gasteiger partial charge in [-0.25, -0.2) is 4.99 Å². The molecule has 0 fully saturated rings. The van der Waals surface area contributed by atoms with Gasteiger partial charge in [0.2, 0.25) is 0 Å². The zero-order valence-corrected chi connectivity index (χ0v) is 19.2. The molecule has 0 amide bonds. The van der Waals surface area contributed by atoms with E-state index in [0.717, 1.165) is 49.5 Å². The lowest BCUT2D eigenvalue weighted by atomic mass is 10.1. The van der Waals surface area contributed by atoms with E-state index in [9.17, 15) is 0 Å². The topological polar surface area (TPSA) is 76.8 Å². The molecule has 0 atom stereocenters. The van der Waals surface area contributed by atoms with Crippen molar-refractivity contribution in [3.05, 3.63) is 41.0 Å². The van der Waals surface area contributed by atoms with Crippen molar-refractivity contribution in [1.82, 2.24) is 25.0 Å². The Morgan fingerprint density at radius 3 is 2.50 bits per heavy atom. The molecule has 166 valence electrons. The van der Waals surface area contributed by atoms with Gasteiger partial charge in [-0.05, 0) is 57.4 Å². The van der Waals surface area contributed by atoms with Crippen LogP contribution >= 0.6 is 0 Å². The second-order valence-corrected chi connectivity index (χ2v) is 7.43. The van der Waals surface area contributed by atoms with Crippen LogP contribution in [0.3, 0.4) is 0 Å². The summed E-state index contributed by atoms with van der Waals surface area (Å²) in [4.78, 5) is 6.83. The Morgan fingerprint density at radius 1 is 1.13 bits per heavy atom. The van der Waals surface area contributed by atoms with Gasteiger partial charge in [0, 0.05) is 33.9 Å². The maximum absolute atomic E-state index is 5.96. The summed E-state index contributed by atoms with van der Waals surface area (Å²) < 4.78 is 13.3. The molecule has 1 aromatic carbocycles. The van der Waals surface area contributed by atoms with Crippen LogP contribution < -0.4 is 10.1 Å². The monoisotopic (exact) mass is 416 g/mol. The molecule has 1 heterocycles. The summed E-state index contributed by atoms with van der Waals surface area (Å²) in [6.45, 7) is 12.1. The first-order valence-corrected chi connectivity index (χ1v) is 10.5. The van der Waals surface area contributed by atoms with Gasteiger partial charge in [0.05, 0.1) is 6.54 Å². The van der Waals surface area contributed by atoms with Gasteiger partial charge in [0.25, 0.3) is 0 Å². The number of hydrogen-bond acceptors (Lipinski definition) is 5. The minimum Gasteiger partial charge on any atom is -0.492 e. The molecule has 0 aliphatic rings. The van der Waals surface area contributed by atoms with Crippen LogP contribution in [0.1, 0.15) is 36.1 Å². The Bertz CT molecular complexity index is 798. The highest BCUT2D eigenvalue weighted by Gasteiger charge is 2.09. The average Bonchev–Trinajstić information content (AvgIpc) is 3.01. The molecule has 0 unspecified atom stereocenters. The third-order valence-corrected chi connectivity index (χ3v) is 4.76. The lowest BCUT2D eigenvalue weighted by Gasteiger charge is -2.23. The molecule has 30 heavy (non-hydrogen) atoms. The van der Waals surface area contributed by atoms with E-state index in [1.54, 1.807) is 0 Å². The molecule has 2 aromatic rings. The van der Waals surface area contributed by atoms with Gasteiger partial charge >= 0.3 is 0 Å². The Kier molecular flexibility index (Phi) is 9.60. The largest absolute Gasteiger partial charge is 0.492 e. The predicted octanol–water partition coefficient (Wildman–Crippen LogP) is 2.62. The van der Waals surface area contributed by atoms with Crippen molar-refractivity contribution in [3.63, 3.8) is 0 Å².